The lowest BCUT2D eigenvalue weighted by molar-refractivity contribution is -0.00309. The zero-order valence-electron chi connectivity index (χ0n) is 18.8. The van der Waals surface area contributed by atoms with E-state index in [1.54, 1.807) is 4.90 Å². The van der Waals surface area contributed by atoms with Gasteiger partial charge in [0.1, 0.15) is 5.60 Å². The maximum atomic E-state index is 13.1. The number of nitrogens with one attached hydrogen (secondary N) is 1. The molecule has 0 bridgehead atoms. The van der Waals surface area contributed by atoms with Crippen LogP contribution in [-0.2, 0) is 27.7 Å². The molecule has 0 saturated carbocycles. The van der Waals surface area contributed by atoms with Crippen molar-refractivity contribution in [2.24, 2.45) is 5.41 Å². The topological polar surface area (TPSA) is 71.5 Å². The lowest BCUT2D eigenvalue weighted by Crippen LogP contribution is -2.58. The molecule has 1 amide bonds. The second-order valence-corrected chi connectivity index (χ2v) is 12.5. The van der Waals surface area contributed by atoms with Crippen molar-refractivity contribution < 1.29 is 13.7 Å². The monoisotopic (exact) mass is 421 g/mol. The Kier molecular flexibility index (Phi) is 5.63. The van der Waals surface area contributed by atoms with E-state index >= 15 is 0 Å². The number of carbonyl (C=O) groups is 1. The predicted octanol–water partition coefficient (Wildman–Crippen LogP) is 3.92. The molecule has 0 radical (unpaired) electrons. The fourth-order valence-corrected chi connectivity index (χ4v) is 5.44. The third kappa shape index (κ3) is 4.22. The fourth-order valence-electron chi connectivity index (χ4n) is 4.44. The lowest BCUT2D eigenvalue weighted by Gasteiger charge is -2.49. The first-order valence-electron chi connectivity index (χ1n) is 10.4. The number of nitrogens with zero attached hydrogens (tertiary/aromatic N) is 2. The van der Waals surface area contributed by atoms with Crippen LogP contribution in [0, 0.1) is 5.41 Å². The number of hydrogen-bond acceptors (Lipinski definition) is 4. The van der Waals surface area contributed by atoms with Gasteiger partial charge in [-0.1, -0.05) is 6.07 Å². The lowest BCUT2D eigenvalue weighted by atomic mass is 9.65. The molecule has 2 atom stereocenters. The Morgan fingerprint density at radius 3 is 2.38 bits per heavy atom. The number of carbonyl (C=O) groups excluding carboxylic acids is 1. The van der Waals surface area contributed by atoms with Gasteiger partial charge in [-0.3, -0.25) is 4.98 Å². The minimum atomic E-state index is -1.22. The third-order valence-electron chi connectivity index (χ3n) is 6.22. The summed E-state index contributed by atoms with van der Waals surface area (Å²) >= 11 is 0. The van der Waals surface area contributed by atoms with Crippen LogP contribution >= 0.6 is 0 Å². The number of pyridine rings is 1. The summed E-state index contributed by atoms with van der Waals surface area (Å²) < 4.78 is 21.8. The van der Waals surface area contributed by atoms with Crippen molar-refractivity contribution >= 4 is 17.1 Å². The quantitative estimate of drug-likeness (QED) is 0.786. The number of ether oxygens (including phenoxy) is 1. The highest BCUT2D eigenvalue weighted by molar-refractivity contribution is 7.84. The third-order valence-corrected chi connectivity index (χ3v) is 7.93. The van der Waals surface area contributed by atoms with Crippen LogP contribution in [0.15, 0.2) is 18.3 Å². The Morgan fingerprint density at radius 2 is 1.83 bits per heavy atom. The number of fused-ring (bicyclic) bond motifs is 1. The highest BCUT2D eigenvalue weighted by atomic mass is 32.2. The molecule has 29 heavy (non-hydrogen) atoms. The maximum absolute atomic E-state index is 13.1. The number of piperidine rings is 1. The summed E-state index contributed by atoms with van der Waals surface area (Å²) in [6.07, 6.45) is 4.03. The summed E-state index contributed by atoms with van der Waals surface area (Å²) in [5.41, 5.74) is 1.10. The standard InChI is InChI=1S/C22H35N3O3S/c1-19(2,3)28-18(26)25-13-10-22(11-14-25)15-17-16(9-8-12-23-17)21(22,7)24-29(27)20(4,5)6/h8-9,12,24H,10-11,13-15H2,1-7H3/t21?,29-/m1/s1. The fraction of sp³-hybridized carbons (Fsp3) is 0.727. The van der Waals surface area contributed by atoms with E-state index in [9.17, 15) is 9.00 Å². The molecule has 1 N–H and O–H groups in total. The summed E-state index contributed by atoms with van der Waals surface area (Å²) in [6.45, 7) is 15.0. The Balaban J connectivity index is 1.87. The van der Waals surface area contributed by atoms with Gasteiger partial charge in [0, 0.05) is 30.4 Å². The van der Waals surface area contributed by atoms with Crippen molar-refractivity contribution in [3.8, 4) is 0 Å². The Morgan fingerprint density at radius 1 is 1.21 bits per heavy atom. The molecular weight excluding hydrogens is 386 g/mol. The van der Waals surface area contributed by atoms with E-state index in [4.69, 9.17) is 4.74 Å². The van der Waals surface area contributed by atoms with Crippen molar-refractivity contribution in [2.75, 3.05) is 13.1 Å². The minimum absolute atomic E-state index is 0.136. The van der Waals surface area contributed by atoms with Gasteiger partial charge in [0.2, 0.25) is 0 Å². The molecule has 7 heteroatoms. The number of amides is 1. The molecule has 1 aromatic rings. The SMILES string of the molecule is CC(C)(C)OC(=O)N1CCC2(CC1)Cc1ncccc1C2(C)N[S@](=O)C(C)(C)C. The van der Waals surface area contributed by atoms with E-state index in [1.165, 1.54) is 0 Å². The van der Waals surface area contributed by atoms with Gasteiger partial charge in [0.15, 0.2) is 0 Å². The van der Waals surface area contributed by atoms with Crippen molar-refractivity contribution in [2.45, 2.75) is 83.6 Å². The van der Waals surface area contributed by atoms with Gasteiger partial charge in [-0.2, -0.15) is 0 Å². The normalized spacial score (nSPS) is 25.0. The summed E-state index contributed by atoms with van der Waals surface area (Å²) in [4.78, 5) is 19.0. The van der Waals surface area contributed by atoms with Crippen LogP contribution in [-0.4, -0.2) is 43.6 Å². The molecule has 0 aromatic carbocycles. The Bertz CT molecular complexity index is 804. The number of rotatable bonds is 2. The summed E-state index contributed by atoms with van der Waals surface area (Å²) in [6, 6.07) is 4.05. The van der Waals surface area contributed by atoms with E-state index < -0.39 is 22.1 Å². The molecule has 1 spiro atoms. The first-order valence-corrected chi connectivity index (χ1v) is 11.5. The van der Waals surface area contributed by atoms with Crippen molar-refractivity contribution in [1.82, 2.24) is 14.6 Å². The van der Waals surface area contributed by atoms with E-state index in [2.05, 4.69) is 22.7 Å². The molecule has 6 nitrogen and oxygen atoms in total. The maximum Gasteiger partial charge on any atom is 0.410 e. The second kappa shape index (κ2) is 7.34. The highest BCUT2D eigenvalue weighted by Crippen LogP contribution is 2.55. The van der Waals surface area contributed by atoms with Crippen molar-refractivity contribution in [3.05, 3.63) is 29.6 Å². The molecule has 1 unspecified atom stereocenters. The van der Waals surface area contributed by atoms with Crippen LogP contribution < -0.4 is 4.72 Å². The minimum Gasteiger partial charge on any atom is -0.444 e. The number of hydrogen-bond donors (Lipinski definition) is 1. The molecule has 1 saturated heterocycles. The molecule has 1 fully saturated rings. The zero-order chi connectivity index (χ0) is 21.7. The first-order chi connectivity index (χ1) is 13.3. The van der Waals surface area contributed by atoms with E-state index in [-0.39, 0.29) is 16.3 Å². The van der Waals surface area contributed by atoms with E-state index in [0.717, 1.165) is 30.5 Å². The molecule has 162 valence electrons. The van der Waals surface area contributed by atoms with Crippen molar-refractivity contribution in [1.29, 1.82) is 0 Å². The van der Waals surface area contributed by atoms with Crippen LogP contribution in [0.2, 0.25) is 0 Å². The predicted molar refractivity (Wildman–Crippen MR) is 116 cm³/mol. The molecule has 2 aliphatic rings. The average molecular weight is 422 g/mol. The summed E-state index contributed by atoms with van der Waals surface area (Å²) in [5, 5.41) is 0. The number of likely N-dealkylation sites (tertiary alicyclic amines) is 1. The number of aromatic nitrogens is 1. The van der Waals surface area contributed by atoms with Gasteiger partial charge < -0.3 is 9.64 Å². The zero-order valence-corrected chi connectivity index (χ0v) is 19.6. The van der Waals surface area contributed by atoms with Gasteiger partial charge in [-0.15, -0.1) is 0 Å². The van der Waals surface area contributed by atoms with Gasteiger partial charge >= 0.3 is 6.09 Å². The Hall–Kier alpha value is -1.47. The Labute approximate surface area is 177 Å². The van der Waals surface area contributed by atoms with Gasteiger partial charge in [-0.05, 0) is 79.4 Å². The van der Waals surface area contributed by atoms with Crippen LogP contribution in [0.1, 0.15) is 72.6 Å². The largest absolute Gasteiger partial charge is 0.444 e. The van der Waals surface area contributed by atoms with Crippen molar-refractivity contribution in [3.63, 3.8) is 0 Å². The van der Waals surface area contributed by atoms with Gasteiger partial charge in [-0.25, -0.2) is 13.7 Å². The molecule has 1 aromatic heterocycles. The first kappa shape index (κ1) is 22.2. The smallest absolute Gasteiger partial charge is 0.410 e. The van der Waals surface area contributed by atoms with E-state index in [1.807, 2.05) is 53.8 Å². The van der Waals surface area contributed by atoms with Gasteiger partial charge in [0.05, 0.1) is 21.3 Å². The molecule has 2 heterocycles. The molecule has 1 aliphatic carbocycles. The summed E-state index contributed by atoms with van der Waals surface area (Å²) in [7, 11) is -1.22. The molecule has 3 rings (SSSR count). The van der Waals surface area contributed by atoms with Crippen LogP contribution in [0.25, 0.3) is 0 Å². The summed E-state index contributed by atoms with van der Waals surface area (Å²) in [5.74, 6) is 0. The molecule has 1 aliphatic heterocycles. The van der Waals surface area contributed by atoms with Crippen LogP contribution in [0.3, 0.4) is 0 Å². The second-order valence-electron chi connectivity index (χ2n) is 10.5. The molecular formula is C22H35N3O3S. The van der Waals surface area contributed by atoms with Crippen LogP contribution in [0.4, 0.5) is 4.79 Å². The van der Waals surface area contributed by atoms with Gasteiger partial charge in [0.25, 0.3) is 0 Å². The van der Waals surface area contributed by atoms with E-state index in [0.29, 0.717) is 13.1 Å². The highest BCUT2D eigenvalue weighted by Gasteiger charge is 2.57. The van der Waals surface area contributed by atoms with Crippen LogP contribution in [0.5, 0.6) is 0 Å². The average Bonchev–Trinajstić information content (AvgIpc) is 2.82.